The molecule has 0 aromatic rings. The predicted octanol–water partition coefficient (Wildman–Crippen LogP) is 4.23. The fourth-order valence-corrected chi connectivity index (χ4v) is 2.88. The minimum atomic E-state index is -2.41. The van der Waals surface area contributed by atoms with Crippen LogP contribution in [0.15, 0.2) is 0 Å². The molecule has 1 unspecified atom stereocenters. The van der Waals surface area contributed by atoms with E-state index in [0.717, 1.165) is 13.0 Å². The summed E-state index contributed by atoms with van der Waals surface area (Å²) < 4.78 is 26.3. The van der Waals surface area contributed by atoms with Crippen LogP contribution in [0.3, 0.4) is 0 Å². The first-order valence-electron chi connectivity index (χ1n) is 6.87. The summed E-state index contributed by atoms with van der Waals surface area (Å²) in [6.45, 7) is 9.73. The molecule has 1 atom stereocenters. The Labute approximate surface area is 104 Å². The smallest absolute Gasteiger partial charge is 0.248 e. The van der Waals surface area contributed by atoms with Crippen molar-refractivity contribution in [3.05, 3.63) is 0 Å². The lowest BCUT2D eigenvalue weighted by Gasteiger charge is -2.41. The van der Waals surface area contributed by atoms with Gasteiger partial charge in [-0.1, -0.05) is 27.7 Å². The molecule has 0 heterocycles. The van der Waals surface area contributed by atoms with E-state index >= 15 is 0 Å². The van der Waals surface area contributed by atoms with E-state index in [9.17, 15) is 8.78 Å². The van der Waals surface area contributed by atoms with Gasteiger partial charge in [0.25, 0.3) is 0 Å². The first kappa shape index (κ1) is 14.9. The molecule has 1 nitrogen and oxygen atoms in total. The number of hydrogen-bond acceptors (Lipinski definition) is 1. The maximum absolute atomic E-state index is 13.2. The third kappa shape index (κ3) is 4.53. The molecule has 0 amide bonds. The van der Waals surface area contributed by atoms with E-state index in [0.29, 0.717) is 24.8 Å². The monoisotopic (exact) mass is 247 g/mol. The summed E-state index contributed by atoms with van der Waals surface area (Å²) in [6, 6.07) is 0.360. The van der Waals surface area contributed by atoms with Gasteiger partial charge < -0.3 is 5.32 Å². The quantitative estimate of drug-likeness (QED) is 0.784. The summed E-state index contributed by atoms with van der Waals surface area (Å²) in [6.07, 6.45) is 2.54. The molecule has 0 aromatic heterocycles. The van der Waals surface area contributed by atoms with Crippen molar-refractivity contribution >= 4 is 0 Å². The van der Waals surface area contributed by atoms with Gasteiger partial charge in [-0.2, -0.15) is 0 Å². The van der Waals surface area contributed by atoms with Crippen molar-refractivity contribution in [2.75, 3.05) is 6.54 Å². The Bertz CT molecular complexity index is 223. The summed E-state index contributed by atoms with van der Waals surface area (Å²) in [5, 5.41) is 3.56. The SMILES string of the molecule is CCCNC(C1CCC(F)(F)CC1)C(C)(C)C. The Balaban J connectivity index is 2.59. The van der Waals surface area contributed by atoms with Crippen LogP contribution >= 0.6 is 0 Å². The lowest BCUT2D eigenvalue weighted by molar-refractivity contribution is -0.0545. The van der Waals surface area contributed by atoms with Gasteiger partial charge in [0.1, 0.15) is 0 Å². The van der Waals surface area contributed by atoms with Crippen LogP contribution in [0.2, 0.25) is 0 Å². The minimum Gasteiger partial charge on any atom is -0.313 e. The van der Waals surface area contributed by atoms with Gasteiger partial charge in [0, 0.05) is 18.9 Å². The van der Waals surface area contributed by atoms with Crippen LogP contribution in [0.1, 0.15) is 59.8 Å². The van der Waals surface area contributed by atoms with Crippen LogP contribution in [-0.4, -0.2) is 18.5 Å². The fourth-order valence-electron chi connectivity index (χ4n) is 2.88. The minimum absolute atomic E-state index is 0.0675. The second kappa shape index (κ2) is 5.64. The fraction of sp³-hybridized carbons (Fsp3) is 1.00. The number of nitrogens with one attached hydrogen (secondary N) is 1. The van der Waals surface area contributed by atoms with Crippen molar-refractivity contribution in [2.45, 2.75) is 71.8 Å². The zero-order chi connectivity index (χ0) is 13.1. The molecule has 1 aliphatic carbocycles. The molecular formula is C14H27F2N. The zero-order valence-electron chi connectivity index (χ0n) is 11.7. The Morgan fingerprint density at radius 2 is 1.76 bits per heavy atom. The maximum Gasteiger partial charge on any atom is 0.248 e. The Morgan fingerprint density at radius 3 is 2.18 bits per heavy atom. The lowest BCUT2D eigenvalue weighted by Crippen LogP contribution is -2.48. The Morgan fingerprint density at radius 1 is 1.24 bits per heavy atom. The molecule has 0 spiro atoms. The molecule has 1 fully saturated rings. The van der Waals surface area contributed by atoms with Crippen molar-refractivity contribution < 1.29 is 8.78 Å². The topological polar surface area (TPSA) is 12.0 Å². The molecule has 1 saturated carbocycles. The van der Waals surface area contributed by atoms with Gasteiger partial charge in [-0.15, -0.1) is 0 Å². The summed E-state index contributed by atoms with van der Waals surface area (Å²) in [7, 11) is 0. The molecular weight excluding hydrogens is 220 g/mol. The molecule has 1 rings (SSSR count). The van der Waals surface area contributed by atoms with Crippen molar-refractivity contribution in [1.82, 2.24) is 5.32 Å². The van der Waals surface area contributed by atoms with E-state index in [1.807, 2.05) is 0 Å². The van der Waals surface area contributed by atoms with E-state index in [1.54, 1.807) is 0 Å². The van der Waals surface area contributed by atoms with Crippen molar-refractivity contribution in [3.63, 3.8) is 0 Å². The molecule has 1 N–H and O–H groups in total. The summed E-state index contributed by atoms with van der Waals surface area (Å²) >= 11 is 0. The van der Waals surface area contributed by atoms with Gasteiger partial charge in [0.2, 0.25) is 5.92 Å². The number of hydrogen-bond donors (Lipinski definition) is 1. The molecule has 0 aliphatic heterocycles. The highest BCUT2D eigenvalue weighted by Crippen LogP contribution is 2.40. The van der Waals surface area contributed by atoms with E-state index in [4.69, 9.17) is 0 Å². The van der Waals surface area contributed by atoms with Crippen molar-refractivity contribution in [3.8, 4) is 0 Å². The van der Waals surface area contributed by atoms with Gasteiger partial charge in [-0.05, 0) is 37.1 Å². The molecule has 3 heteroatoms. The second-order valence-electron chi connectivity index (χ2n) is 6.49. The first-order chi connectivity index (χ1) is 7.76. The highest BCUT2D eigenvalue weighted by atomic mass is 19.3. The number of rotatable bonds is 4. The van der Waals surface area contributed by atoms with Crippen molar-refractivity contribution in [2.24, 2.45) is 11.3 Å². The van der Waals surface area contributed by atoms with Gasteiger partial charge >= 0.3 is 0 Å². The molecule has 0 saturated heterocycles. The summed E-state index contributed by atoms with van der Waals surface area (Å²) in [5.41, 5.74) is 0.145. The Hall–Kier alpha value is -0.180. The number of halogens is 2. The molecule has 0 bridgehead atoms. The summed E-state index contributed by atoms with van der Waals surface area (Å²) in [5.74, 6) is -2.01. The molecule has 0 aromatic carbocycles. The van der Waals surface area contributed by atoms with E-state index < -0.39 is 5.92 Å². The Kier molecular flexibility index (Phi) is 4.94. The largest absolute Gasteiger partial charge is 0.313 e. The van der Waals surface area contributed by atoms with E-state index in [1.165, 1.54) is 0 Å². The van der Waals surface area contributed by atoms with E-state index in [-0.39, 0.29) is 18.3 Å². The first-order valence-corrected chi connectivity index (χ1v) is 6.87. The molecule has 0 radical (unpaired) electrons. The molecule has 17 heavy (non-hydrogen) atoms. The maximum atomic E-state index is 13.2. The lowest BCUT2D eigenvalue weighted by atomic mass is 9.72. The van der Waals surface area contributed by atoms with Crippen LogP contribution in [-0.2, 0) is 0 Å². The third-order valence-electron chi connectivity index (χ3n) is 3.78. The second-order valence-corrected chi connectivity index (χ2v) is 6.49. The summed E-state index contributed by atoms with van der Waals surface area (Å²) in [4.78, 5) is 0. The van der Waals surface area contributed by atoms with Crippen molar-refractivity contribution in [1.29, 1.82) is 0 Å². The van der Waals surface area contributed by atoms with Crippen LogP contribution in [0, 0.1) is 11.3 Å². The standard InChI is InChI=1S/C14H27F2N/c1-5-10-17-12(13(2,3)4)11-6-8-14(15,16)9-7-11/h11-12,17H,5-10H2,1-4H3. The average Bonchev–Trinajstić information content (AvgIpc) is 2.19. The van der Waals surface area contributed by atoms with Gasteiger partial charge in [-0.3, -0.25) is 0 Å². The van der Waals surface area contributed by atoms with Gasteiger partial charge in [-0.25, -0.2) is 8.78 Å². The highest BCUT2D eigenvalue weighted by molar-refractivity contribution is 4.90. The average molecular weight is 247 g/mol. The van der Waals surface area contributed by atoms with Crippen LogP contribution < -0.4 is 5.32 Å². The highest BCUT2D eigenvalue weighted by Gasteiger charge is 2.40. The number of alkyl halides is 2. The van der Waals surface area contributed by atoms with Crippen LogP contribution in [0.4, 0.5) is 8.78 Å². The predicted molar refractivity (Wildman–Crippen MR) is 68.4 cm³/mol. The van der Waals surface area contributed by atoms with Crippen LogP contribution in [0.5, 0.6) is 0 Å². The third-order valence-corrected chi connectivity index (χ3v) is 3.78. The molecule has 102 valence electrons. The zero-order valence-corrected chi connectivity index (χ0v) is 11.7. The molecule has 1 aliphatic rings. The van der Waals surface area contributed by atoms with Crippen LogP contribution in [0.25, 0.3) is 0 Å². The normalized spacial score (nSPS) is 23.6. The van der Waals surface area contributed by atoms with E-state index in [2.05, 4.69) is 33.0 Å². The van der Waals surface area contributed by atoms with Gasteiger partial charge in [0.05, 0.1) is 0 Å². The van der Waals surface area contributed by atoms with Gasteiger partial charge in [0.15, 0.2) is 0 Å².